The second kappa shape index (κ2) is 7.25. The van der Waals surface area contributed by atoms with Crippen molar-refractivity contribution in [3.8, 4) is 6.07 Å². The van der Waals surface area contributed by atoms with Gasteiger partial charge in [0.1, 0.15) is 20.8 Å². The summed E-state index contributed by atoms with van der Waals surface area (Å²) in [7, 11) is 1.26. The predicted octanol–water partition coefficient (Wildman–Crippen LogP) is 5.49. The standard InChI is InChI=1S/C17H10Cl2N2O3S2/c1-7-10(6-20)16(26-13(7)17(23)24-2)21-15(22)14-12(19)9-4-3-8(18)5-11(9)25-14/h3-5H,1-2H3,(H,21,22). The Morgan fingerprint density at radius 1 is 1.23 bits per heavy atom. The number of nitriles is 1. The predicted molar refractivity (Wildman–Crippen MR) is 105 cm³/mol. The van der Waals surface area contributed by atoms with Gasteiger partial charge in [-0.3, -0.25) is 4.79 Å². The molecule has 2 heterocycles. The largest absolute Gasteiger partial charge is 0.465 e. The highest BCUT2D eigenvalue weighted by Gasteiger charge is 2.24. The van der Waals surface area contributed by atoms with Gasteiger partial charge in [-0.2, -0.15) is 5.26 Å². The Morgan fingerprint density at radius 2 is 1.96 bits per heavy atom. The van der Waals surface area contributed by atoms with Gasteiger partial charge in [-0.25, -0.2) is 4.79 Å². The van der Waals surface area contributed by atoms with Crippen LogP contribution in [0.15, 0.2) is 18.2 Å². The number of benzene rings is 1. The first-order chi connectivity index (χ1) is 12.4. The van der Waals surface area contributed by atoms with Crippen molar-refractivity contribution in [3.63, 3.8) is 0 Å². The quantitative estimate of drug-likeness (QED) is 0.563. The molecule has 3 rings (SSSR count). The molecule has 0 saturated heterocycles. The molecule has 0 aliphatic heterocycles. The fourth-order valence-corrected chi connectivity index (χ4v) is 5.13. The number of nitrogens with one attached hydrogen (secondary N) is 1. The van der Waals surface area contributed by atoms with Crippen molar-refractivity contribution in [2.75, 3.05) is 12.4 Å². The van der Waals surface area contributed by atoms with Crippen LogP contribution in [0, 0.1) is 18.3 Å². The number of amides is 1. The van der Waals surface area contributed by atoms with Crippen molar-refractivity contribution >= 4 is 72.8 Å². The highest BCUT2D eigenvalue weighted by Crippen LogP contribution is 2.38. The van der Waals surface area contributed by atoms with Gasteiger partial charge in [-0.05, 0) is 24.6 Å². The van der Waals surface area contributed by atoms with E-state index in [1.807, 2.05) is 6.07 Å². The Labute approximate surface area is 166 Å². The van der Waals surface area contributed by atoms with Crippen LogP contribution in [0.1, 0.15) is 30.5 Å². The zero-order valence-electron chi connectivity index (χ0n) is 13.5. The molecular formula is C17H10Cl2N2O3S2. The smallest absolute Gasteiger partial charge is 0.348 e. The first-order valence-corrected chi connectivity index (χ1v) is 9.57. The van der Waals surface area contributed by atoms with E-state index < -0.39 is 11.9 Å². The Morgan fingerprint density at radius 3 is 2.62 bits per heavy atom. The lowest BCUT2D eigenvalue weighted by Crippen LogP contribution is -2.10. The van der Waals surface area contributed by atoms with Crippen molar-refractivity contribution in [1.82, 2.24) is 0 Å². The molecule has 0 aliphatic rings. The van der Waals surface area contributed by atoms with Crippen LogP contribution < -0.4 is 5.32 Å². The fourth-order valence-electron chi connectivity index (χ4n) is 2.37. The average Bonchev–Trinajstić information content (AvgIpc) is 3.11. The van der Waals surface area contributed by atoms with Crippen molar-refractivity contribution in [2.45, 2.75) is 6.92 Å². The van der Waals surface area contributed by atoms with E-state index in [1.165, 1.54) is 18.4 Å². The number of carbonyl (C=O) groups is 2. The number of anilines is 1. The number of hydrogen-bond acceptors (Lipinski definition) is 6. The summed E-state index contributed by atoms with van der Waals surface area (Å²) >= 11 is 14.5. The topological polar surface area (TPSA) is 79.2 Å². The molecule has 0 spiro atoms. The van der Waals surface area contributed by atoms with E-state index >= 15 is 0 Å². The van der Waals surface area contributed by atoms with Gasteiger partial charge in [-0.15, -0.1) is 22.7 Å². The number of methoxy groups -OCH3 is 1. The summed E-state index contributed by atoms with van der Waals surface area (Å²) in [5, 5.41) is 13.9. The van der Waals surface area contributed by atoms with Crippen molar-refractivity contribution < 1.29 is 14.3 Å². The summed E-state index contributed by atoms with van der Waals surface area (Å²) in [6.45, 7) is 1.63. The molecule has 132 valence electrons. The van der Waals surface area contributed by atoms with Crippen LogP contribution in [0.25, 0.3) is 10.1 Å². The van der Waals surface area contributed by atoms with E-state index in [1.54, 1.807) is 25.1 Å². The van der Waals surface area contributed by atoms with E-state index in [2.05, 4.69) is 5.32 Å². The summed E-state index contributed by atoms with van der Waals surface area (Å²) in [6, 6.07) is 7.19. The van der Waals surface area contributed by atoms with Gasteiger partial charge in [-0.1, -0.05) is 29.3 Å². The van der Waals surface area contributed by atoms with Gasteiger partial charge in [0.25, 0.3) is 5.91 Å². The maximum Gasteiger partial charge on any atom is 0.348 e. The lowest BCUT2D eigenvalue weighted by Gasteiger charge is -2.01. The average molecular weight is 425 g/mol. The monoisotopic (exact) mass is 424 g/mol. The summed E-state index contributed by atoms with van der Waals surface area (Å²) in [4.78, 5) is 25.1. The highest BCUT2D eigenvalue weighted by molar-refractivity contribution is 7.22. The van der Waals surface area contributed by atoms with Crippen molar-refractivity contribution in [3.05, 3.63) is 49.1 Å². The maximum absolute atomic E-state index is 12.7. The van der Waals surface area contributed by atoms with Gasteiger partial charge >= 0.3 is 5.97 Å². The van der Waals surface area contributed by atoms with Crippen LogP contribution >= 0.6 is 45.9 Å². The molecule has 0 saturated carbocycles. The Balaban J connectivity index is 2.00. The third-order valence-corrected chi connectivity index (χ3v) is 6.73. The Bertz CT molecular complexity index is 1100. The van der Waals surface area contributed by atoms with E-state index in [-0.39, 0.29) is 15.4 Å². The molecule has 0 atom stereocenters. The lowest BCUT2D eigenvalue weighted by atomic mass is 10.2. The Kier molecular flexibility index (Phi) is 5.21. The maximum atomic E-state index is 12.7. The van der Waals surface area contributed by atoms with Gasteiger partial charge in [0, 0.05) is 15.1 Å². The van der Waals surface area contributed by atoms with Gasteiger partial charge < -0.3 is 10.1 Å². The highest BCUT2D eigenvalue weighted by atomic mass is 35.5. The molecule has 0 radical (unpaired) electrons. The lowest BCUT2D eigenvalue weighted by molar-refractivity contribution is 0.0605. The third-order valence-electron chi connectivity index (χ3n) is 3.65. The number of carbonyl (C=O) groups excluding carboxylic acids is 2. The van der Waals surface area contributed by atoms with Crippen LogP contribution in [0.5, 0.6) is 0 Å². The number of rotatable bonds is 3. The SMILES string of the molecule is COC(=O)c1sc(NC(=O)c2sc3cc(Cl)ccc3c2Cl)c(C#N)c1C. The first-order valence-electron chi connectivity index (χ1n) is 7.18. The number of thiophene rings is 2. The number of nitrogens with zero attached hydrogens (tertiary/aromatic N) is 1. The molecule has 0 bridgehead atoms. The number of esters is 1. The zero-order valence-corrected chi connectivity index (χ0v) is 16.6. The first kappa shape index (κ1) is 18.7. The van der Waals surface area contributed by atoms with Gasteiger partial charge in [0.15, 0.2) is 0 Å². The number of hydrogen-bond donors (Lipinski definition) is 1. The van der Waals surface area contributed by atoms with Crippen molar-refractivity contribution in [2.24, 2.45) is 0 Å². The minimum atomic E-state index is -0.556. The molecule has 1 amide bonds. The van der Waals surface area contributed by atoms with Gasteiger partial charge in [0.2, 0.25) is 0 Å². The molecule has 9 heteroatoms. The van der Waals surface area contributed by atoms with Crippen LogP contribution in [0.2, 0.25) is 10.0 Å². The Hall–Kier alpha value is -2.11. The zero-order chi connectivity index (χ0) is 19.0. The number of ether oxygens (including phenoxy) is 1. The molecule has 0 aliphatic carbocycles. The molecule has 2 aromatic heterocycles. The minimum Gasteiger partial charge on any atom is -0.465 e. The fraction of sp³-hybridized carbons (Fsp3) is 0.118. The summed E-state index contributed by atoms with van der Waals surface area (Å²) in [5.41, 5.74) is 0.692. The van der Waals surface area contributed by atoms with Gasteiger partial charge in [0.05, 0.1) is 17.7 Å². The second-order valence-corrected chi connectivity index (χ2v) is 8.09. The molecule has 3 aromatic rings. The molecule has 5 nitrogen and oxygen atoms in total. The normalized spacial score (nSPS) is 10.6. The minimum absolute atomic E-state index is 0.226. The van der Waals surface area contributed by atoms with Crippen LogP contribution in [0.4, 0.5) is 5.00 Å². The van der Waals surface area contributed by atoms with Crippen LogP contribution in [0.3, 0.4) is 0 Å². The van der Waals surface area contributed by atoms with E-state index in [9.17, 15) is 14.9 Å². The molecule has 26 heavy (non-hydrogen) atoms. The van der Waals surface area contributed by atoms with Crippen LogP contribution in [-0.2, 0) is 4.74 Å². The molecule has 1 aromatic carbocycles. The summed E-state index contributed by atoms with van der Waals surface area (Å²) < 4.78 is 5.49. The molecule has 1 N–H and O–H groups in total. The van der Waals surface area contributed by atoms with Crippen molar-refractivity contribution in [1.29, 1.82) is 5.26 Å². The summed E-state index contributed by atoms with van der Waals surface area (Å²) in [5.74, 6) is -1.01. The van der Waals surface area contributed by atoms with Crippen LogP contribution in [-0.4, -0.2) is 19.0 Å². The molecule has 0 unspecified atom stereocenters. The molecular weight excluding hydrogens is 415 g/mol. The number of fused-ring (bicyclic) bond motifs is 1. The third kappa shape index (κ3) is 3.17. The second-order valence-electron chi connectivity index (χ2n) is 5.20. The van der Waals surface area contributed by atoms with E-state index in [0.29, 0.717) is 20.5 Å². The van der Waals surface area contributed by atoms with E-state index in [0.717, 1.165) is 21.4 Å². The number of halogens is 2. The summed E-state index contributed by atoms with van der Waals surface area (Å²) in [6.07, 6.45) is 0. The molecule has 0 fully saturated rings. The van der Waals surface area contributed by atoms with E-state index in [4.69, 9.17) is 27.9 Å².